The average Bonchev–Trinajstić information content (AvgIpc) is 2.63. The van der Waals surface area contributed by atoms with Crippen molar-refractivity contribution in [2.45, 2.75) is 56.8 Å². The number of aliphatic hydroxyl groups excluding tert-OH is 1. The third-order valence-electron chi connectivity index (χ3n) is 3.80. The molecule has 10 N–H and O–H groups in total. The van der Waals surface area contributed by atoms with E-state index in [1.54, 1.807) is 0 Å². The van der Waals surface area contributed by atoms with Crippen LogP contribution < -0.4 is 27.4 Å². The molecule has 13 heteroatoms. The quantitative estimate of drug-likeness (QED) is 0.129. The normalized spacial score (nSPS) is 14.8. The first-order valence-corrected chi connectivity index (χ1v) is 8.95. The largest absolute Gasteiger partial charge is 0.481 e. The molecular weight excluding hydrogens is 390 g/mol. The molecule has 166 valence electrons. The molecule has 0 saturated heterocycles. The van der Waals surface area contributed by atoms with E-state index in [0.717, 1.165) is 0 Å². The lowest BCUT2D eigenvalue weighted by Crippen LogP contribution is -2.58. The topological polar surface area (TPSA) is 234 Å². The van der Waals surface area contributed by atoms with Crippen molar-refractivity contribution in [1.82, 2.24) is 16.0 Å². The number of aliphatic carboxylic acids is 2. The van der Waals surface area contributed by atoms with Gasteiger partial charge in [0.2, 0.25) is 17.7 Å². The Morgan fingerprint density at radius 3 is 1.83 bits per heavy atom. The van der Waals surface area contributed by atoms with Crippen LogP contribution in [-0.2, 0) is 24.0 Å². The number of unbranched alkanes of at least 4 members (excludes halogenated alkanes) is 1. The monoisotopic (exact) mass is 419 g/mol. The summed E-state index contributed by atoms with van der Waals surface area (Å²) in [5.41, 5.74) is 10.9. The van der Waals surface area contributed by atoms with Gasteiger partial charge < -0.3 is 42.7 Å². The molecule has 0 heterocycles. The van der Waals surface area contributed by atoms with Gasteiger partial charge in [0.25, 0.3) is 0 Å². The Balaban J connectivity index is 5.14. The number of carbonyl (C=O) groups is 5. The number of amides is 3. The zero-order valence-electron chi connectivity index (χ0n) is 16.1. The van der Waals surface area contributed by atoms with E-state index in [9.17, 15) is 29.1 Å². The molecule has 0 rings (SSSR count). The second-order valence-corrected chi connectivity index (χ2v) is 6.38. The minimum absolute atomic E-state index is 0.192. The summed E-state index contributed by atoms with van der Waals surface area (Å²) < 4.78 is 0. The van der Waals surface area contributed by atoms with Crippen LogP contribution in [0.3, 0.4) is 0 Å². The molecule has 0 aliphatic carbocycles. The van der Waals surface area contributed by atoms with Crippen LogP contribution in [-0.4, -0.2) is 82.3 Å². The maximum absolute atomic E-state index is 12.5. The second kappa shape index (κ2) is 13.4. The van der Waals surface area contributed by atoms with Crippen molar-refractivity contribution in [1.29, 1.82) is 0 Å². The molecule has 0 spiro atoms. The van der Waals surface area contributed by atoms with E-state index in [1.807, 2.05) is 5.32 Å². The minimum atomic E-state index is -1.75. The zero-order valence-corrected chi connectivity index (χ0v) is 16.1. The number of aliphatic hydroxyl groups is 1. The van der Waals surface area contributed by atoms with Gasteiger partial charge in [0.15, 0.2) is 0 Å². The van der Waals surface area contributed by atoms with Gasteiger partial charge in [-0.3, -0.25) is 19.2 Å². The van der Waals surface area contributed by atoms with Crippen LogP contribution in [0, 0.1) is 0 Å². The molecular formula is C16H29N5O8. The van der Waals surface area contributed by atoms with E-state index in [4.69, 9.17) is 21.7 Å². The number of carboxylic acids is 2. The Kier molecular flexibility index (Phi) is 12.1. The van der Waals surface area contributed by atoms with Crippen molar-refractivity contribution in [3.8, 4) is 0 Å². The van der Waals surface area contributed by atoms with E-state index in [1.165, 1.54) is 6.92 Å². The molecule has 13 nitrogen and oxygen atoms in total. The van der Waals surface area contributed by atoms with Crippen molar-refractivity contribution in [3.63, 3.8) is 0 Å². The van der Waals surface area contributed by atoms with Crippen molar-refractivity contribution >= 4 is 29.7 Å². The molecule has 29 heavy (non-hydrogen) atoms. The van der Waals surface area contributed by atoms with Crippen molar-refractivity contribution in [3.05, 3.63) is 0 Å². The lowest BCUT2D eigenvalue weighted by atomic mass is 10.1. The Morgan fingerprint density at radius 2 is 1.38 bits per heavy atom. The number of carboxylic acid groups (broad SMARTS) is 2. The van der Waals surface area contributed by atoms with Crippen molar-refractivity contribution in [2.24, 2.45) is 11.5 Å². The van der Waals surface area contributed by atoms with Gasteiger partial charge in [-0.1, -0.05) is 0 Å². The predicted octanol–water partition coefficient (Wildman–Crippen LogP) is -3.53. The lowest BCUT2D eigenvalue weighted by Gasteiger charge is -2.23. The van der Waals surface area contributed by atoms with Crippen LogP contribution in [0.4, 0.5) is 0 Å². The van der Waals surface area contributed by atoms with Gasteiger partial charge in [-0.25, -0.2) is 4.79 Å². The predicted molar refractivity (Wildman–Crippen MR) is 99.3 cm³/mol. The highest BCUT2D eigenvalue weighted by atomic mass is 16.4. The third kappa shape index (κ3) is 10.4. The van der Waals surface area contributed by atoms with E-state index in [-0.39, 0.29) is 6.42 Å². The molecule has 0 aliphatic heterocycles. The molecule has 0 aromatic rings. The van der Waals surface area contributed by atoms with Gasteiger partial charge in [-0.2, -0.15) is 0 Å². The number of nitrogens with two attached hydrogens (primary N) is 2. The number of nitrogens with one attached hydrogen (secondary N) is 3. The fourth-order valence-electron chi connectivity index (χ4n) is 2.18. The Bertz CT molecular complexity index is 598. The average molecular weight is 419 g/mol. The molecule has 0 radical (unpaired) electrons. The van der Waals surface area contributed by atoms with Crippen LogP contribution >= 0.6 is 0 Å². The second-order valence-electron chi connectivity index (χ2n) is 6.38. The van der Waals surface area contributed by atoms with Crippen LogP contribution in [0.2, 0.25) is 0 Å². The summed E-state index contributed by atoms with van der Waals surface area (Å²) in [4.78, 5) is 58.2. The highest BCUT2D eigenvalue weighted by Crippen LogP contribution is 2.03. The summed E-state index contributed by atoms with van der Waals surface area (Å²) in [5, 5.41) is 33.6. The maximum Gasteiger partial charge on any atom is 0.326 e. The maximum atomic E-state index is 12.5. The minimum Gasteiger partial charge on any atom is -0.481 e. The Morgan fingerprint density at radius 1 is 0.862 bits per heavy atom. The van der Waals surface area contributed by atoms with Crippen molar-refractivity contribution in [2.75, 3.05) is 13.2 Å². The van der Waals surface area contributed by atoms with E-state index >= 15 is 0 Å². The summed E-state index contributed by atoms with van der Waals surface area (Å²) in [7, 11) is 0. The molecule has 4 atom stereocenters. The standard InChI is InChI=1S/C16H29N5O8/c1-8(18)13(25)19-9(4-2-3-5-17)14(26)21-11(7-22)15(27)20-10(16(28)29)6-12(23)24/h8-11,22H,2-7,17-18H2,1H3,(H,19,25)(H,20,27)(H,21,26)(H,23,24)(H,28,29). The molecule has 0 aromatic carbocycles. The first kappa shape index (κ1) is 26.2. The summed E-state index contributed by atoms with van der Waals surface area (Å²) in [6, 6.07) is -5.24. The lowest BCUT2D eigenvalue weighted by molar-refractivity contribution is -0.147. The number of rotatable bonds is 14. The van der Waals surface area contributed by atoms with Gasteiger partial charge in [-0.05, 0) is 32.7 Å². The third-order valence-corrected chi connectivity index (χ3v) is 3.80. The van der Waals surface area contributed by atoms with Gasteiger partial charge in [0.05, 0.1) is 19.1 Å². The fraction of sp³-hybridized carbons (Fsp3) is 0.688. The van der Waals surface area contributed by atoms with Gasteiger partial charge >= 0.3 is 11.9 Å². The van der Waals surface area contributed by atoms with E-state index in [0.29, 0.717) is 19.4 Å². The SMILES string of the molecule is CC(N)C(=O)NC(CCCCN)C(=O)NC(CO)C(=O)NC(CC(=O)O)C(=O)O. The van der Waals surface area contributed by atoms with Crippen LogP contribution in [0.25, 0.3) is 0 Å². The summed E-state index contributed by atoms with van der Waals surface area (Å²) >= 11 is 0. The summed E-state index contributed by atoms with van der Waals surface area (Å²) in [6.45, 7) is 0.911. The fourth-order valence-corrected chi connectivity index (χ4v) is 2.18. The van der Waals surface area contributed by atoms with Gasteiger partial charge in [0, 0.05) is 0 Å². The molecule has 3 amide bonds. The van der Waals surface area contributed by atoms with Crippen LogP contribution in [0.5, 0.6) is 0 Å². The van der Waals surface area contributed by atoms with Crippen LogP contribution in [0.15, 0.2) is 0 Å². The zero-order chi connectivity index (χ0) is 22.6. The highest BCUT2D eigenvalue weighted by molar-refractivity contribution is 5.94. The first-order chi connectivity index (χ1) is 13.5. The van der Waals surface area contributed by atoms with Gasteiger partial charge in [-0.15, -0.1) is 0 Å². The Labute approximate surface area is 167 Å². The smallest absolute Gasteiger partial charge is 0.326 e. The Hall–Kier alpha value is -2.77. The van der Waals surface area contributed by atoms with E-state index in [2.05, 4.69) is 10.6 Å². The molecule has 0 fully saturated rings. The van der Waals surface area contributed by atoms with E-state index < -0.39 is 66.9 Å². The molecule has 0 aliphatic rings. The first-order valence-electron chi connectivity index (χ1n) is 8.95. The molecule has 0 saturated carbocycles. The summed E-state index contributed by atoms with van der Waals surface area (Å²) in [6.07, 6.45) is 0.373. The number of hydrogen-bond donors (Lipinski definition) is 8. The molecule has 4 unspecified atom stereocenters. The highest BCUT2D eigenvalue weighted by Gasteiger charge is 2.30. The summed E-state index contributed by atoms with van der Waals surface area (Å²) in [5.74, 6) is -5.53. The van der Waals surface area contributed by atoms with Gasteiger partial charge in [0.1, 0.15) is 18.1 Å². The van der Waals surface area contributed by atoms with Crippen molar-refractivity contribution < 1.29 is 39.3 Å². The molecule has 0 aromatic heterocycles. The van der Waals surface area contributed by atoms with Crippen LogP contribution in [0.1, 0.15) is 32.6 Å². The number of hydrogen-bond acceptors (Lipinski definition) is 8. The number of carbonyl (C=O) groups excluding carboxylic acids is 3. The molecule has 0 bridgehead atoms.